The molecule has 0 aliphatic rings. The van der Waals surface area contributed by atoms with E-state index in [0.717, 1.165) is 0 Å². The van der Waals surface area contributed by atoms with E-state index in [2.05, 4.69) is 346 Å². The van der Waals surface area contributed by atoms with E-state index >= 15 is 0 Å². The molecule has 0 fully saturated rings. The van der Waals surface area contributed by atoms with Crippen LogP contribution in [0.1, 0.15) is 211 Å². The summed E-state index contributed by atoms with van der Waals surface area (Å²) in [5.74, 6) is 0. The van der Waals surface area contributed by atoms with Crippen LogP contribution in [-0.4, -0.2) is 0 Å². The molecule has 2 heteroatoms. The molecule has 0 bridgehead atoms. The van der Waals surface area contributed by atoms with Gasteiger partial charge in [0.15, 0.2) is 0 Å². The zero-order chi connectivity index (χ0) is 62.8. The largest absolute Gasteiger partial charge is 0.309 e. The Labute approximate surface area is 519 Å². The van der Waals surface area contributed by atoms with Crippen LogP contribution < -0.4 is 9.80 Å². The smallest absolute Gasteiger partial charge is 0.0618 e. The molecule has 0 saturated heterocycles. The molecule has 0 aliphatic heterocycles. The molecule has 0 N–H and O–H groups in total. The summed E-state index contributed by atoms with van der Waals surface area (Å²) in [6.07, 6.45) is 0. The first-order valence-corrected chi connectivity index (χ1v) is 31.8. The third-order valence-corrected chi connectivity index (χ3v) is 18.1. The summed E-state index contributed by atoms with van der Waals surface area (Å²) in [6.45, 7) is 56.6. The van der Waals surface area contributed by atoms with Crippen molar-refractivity contribution >= 4 is 77.2 Å². The Morgan fingerprint density at radius 1 is 0.186 bits per heavy atom. The Hall–Kier alpha value is -7.16. The summed E-state index contributed by atoms with van der Waals surface area (Å²) in [6, 6.07) is 67.0. The Balaban J connectivity index is 1.39. The lowest BCUT2D eigenvalue weighted by Crippen LogP contribution is -2.21. The van der Waals surface area contributed by atoms with Crippen LogP contribution in [0.3, 0.4) is 0 Å². The van der Waals surface area contributed by atoms with Gasteiger partial charge in [0.05, 0.1) is 11.4 Å². The number of fused-ring (bicyclic) bond motifs is 4. The molecule has 0 atom stereocenters. The molecule has 10 aromatic carbocycles. The van der Waals surface area contributed by atoms with Gasteiger partial charge in [0, 0.05) is 44.3 Å². The highest BCUT2D eigenvalue weighted by Gasteiger charge is 2.33. The lowest BCUT2D eigenvalue weighted by atomic mass is 9.79. The quantitative estimate of drug-likeness (QED) is 0.147. The monoisotopic (exact) mass is 1140 g/mol. The normalized spacial score (nSPS) is 13.3. The van der Waals surface area contributed by atoms with Gasteiger partial charge < -0.3 is 9.80 Å². The number of hydrogen-bond acceptors (Lipinski definition) is 2. The molecule has 0 spiro atoms. The van der Waals surface area contributed by atoms with E-state index < -0.39 is 0 Å². The van der Waals surface area contributed by atoms with E-state index in [1.165, 1.54) is 133 Å². The number of anilines is 6. The molecule has 0 unspecified atom stereocenters. The maximum absolute atomic E-state index is 2.65. The van der Waals surface area contributed by atoms with E-state index in [4.69, 9.17) is 0 Å². The maximum Gasteiger partial charge on any atom is 0.0618 e. The number of hydrogen-bond donors (Lipinski definition) is 0. The van der Waals surface area contributed by atoms with Crippen molar-refractivity contribution < 1.29 is 0 Å². The van der Waals surface area contributed by atoms with E-state index in [-0.39, 0.29) is 43.3 Å². The van der Waals surface area contributed by atoms with Gasteiger partial charge in [-0.2, -0.15) is 0 Å². The first kappa shape index (κ1) is 61.9. The Kier molecular flexibility index (Phi) is 15.3. The zero-order valence-corrected chi connectivity index (χ0v) is 57.1. The molecule has 446 valence electrons. The van der Waals surface area contributed by atoms with Crippen molar-refractivity contribution in [3.63, 3.8) is 0 Å². The van der Waals surface area contributed by atoms with Crippen LogP contribution in [0.25, 0.3) is 54.2 Å². The van der Waals surface area contributed by atoms with Gasteiger partial charge in [-0.15, -0.1) is 0 Å². The van der Waals surface area contributed by atoms with Crippen molar-refractivity contribution in [1.29, 1.82) is 0 Å². The van der Waals surface area contributed by atoms with Crippen molar-refractivity contribution in [2.75, 3.05) is 9.80 Å². The minimum absolute atomic E-state index is 0.0993. The molecule has 0 aliphatic carbocycles. The molecular formula is C84H100N2. The third kappa shape index (κ3) is 11.9. The first-order valence-electron chi connectivity index (χ1n) is 31.8. The van der Waals surface area contributed by atoms with E-state index in [1.54, 1.807) is 0 Å². The van der Waals surface area contributed by atoms with Crippen molar-refractivity contribution in [2.24, 2.45) is 0 Å². The fraction of sp³-hybridized carbons (Fsp3) is 0.381. The molecule has 2 nitrogen and oxygen atoms in total. The van der Waals surface area contributed by atoms with Crippen LogP contribution >= 0.6 is 0 Å². The lowest BCUT2D eigenvalue weighted by Gasteiger charge is -2.35. The Morgan fingerprint density at radius 2 is 0.326 bits per heavy atom. The summed E-state index contributed by atoms with van der Waals surface area (Å²) in [5, 5.41) is 9.71. The van der Waals surface area contributed by atoms with Crippen molar-refractivity contribution in [1.82, 2.24) is 0 Å². The van der Waals surface area contributed by atoms with Gasteiger partial charge in [0.1, 0.15) is 0 Å². The molecule has 0 amide bonds. The van der Waals surface area contributed by atoms with Crippen molar-refractivity contribution in [2.45, 2.75) is 209 Å². The van der Waals surface area contributed by atoms with Gasteiger partial charge in [-0.25, -0.2) is 0 Å². The number of rotatable bonds is 7. The molecule has 0 radical (unpaired) electrons. The van der Waals surface area contributed by atoms with E-state index in [9.17, 15) is 0 Å². The van der Waals surface area contributed by atoms with E-state index in [1.807, 2.05) is 0 Å². The average molecular weight is 1140 g/mol. The fourth-order valence-corrected chi connectivity index (χ4v) is 12.5. The van der Waals surface area contributed by atoms with Crippen LogP contribution in [0.15, 0.2) is 170 Å². The number of nitrogens with zero attached hydrogens (tertiary/aromatic N) is 2. The highest BCUT2D eigenvalue weighted by Crippen LogP contribution is 2.55. The van der Waals surface area contributed by atoms with Gasteiger partial charge in [0.25, 0.3) is 0 Å². The molecule has 86 heavy (non-hydrogen) atoms. The fourth-order valence-electron chi connectivity index (χ4n) is 12.5. The maximum atomic E-state index is 2.65. The van der Waals surface area contributed by atoms with Gasteiger partial charge in [0.2, 0.25) is 0 Å². The number of benzene rings is 10. The van der Waals surface area contributed by atoms with Crippen LogP contribution in [0.2, 0.25) is 0 Å². The predicted molar refractivity (Wildman–Crippen MR) is 381 cm³/mol. The van der Waals surface area contributed by atoms with Gasteiger partial charge in [-0.1, -0.05) is 287 Å². The van der Waals surface area contributed by atoms with Crippen LogP contribution in [0.5, 0.6) is 0 Å². The second kappa shape index (κ2) is 21.3. The molecule has 10 aromatic rings. The zero-order valence-electron chi connectivity index (χ0n) is 57.1. The minimum Gasteiger partial charge on any atom is -0.309 e. The van der Waals surface area contributed by atoms with Crippen molar-refractivity contribution in [3.05, 3.63) is 214 Å². The highest BCUT2D eigenvalue weighted by atomic mass is 15.2. The summed E-state index contributed by atoms with van der Waals surface area (Å²) in [5.41, 5.74) is 19.4. The van der Waals surface area contributed by atoms with Crippen LogP contribution in [0.4, 0.5) is 34.1 Å². The lowest BCUT2D eigenvalue weighted by molar-refractivity contribution is 0.567. The summed E-state index contributed by atoms with van der Waals surface area (Å²) in [4.78, 5) is 5.30. The second-order valence-electron chi connectivity index (χ2n) is 33.4. The summed E-state index contributed by atoms with van der Waals surface area (Å²) < 4.78 is 0. The van der Waals surface area contributed by atoms with Crippen LogP contribution in [0, 0.1) is 0 Å². The van der Waals surface area contributed by atoms with Gasteiger partial charge >= 0.3 is 0 Å². The molecule has 0 saturated carbocycles. The molecule has 0 heterocycles. The topological polar surface area (TPSA) is 6.48 Å². The average Bonchev–Trinajstić information content (AvgIpc) is 0.721. The Morgan fingerprint density at radius 3 is 0.465 bits per heavy atom. The second-order valence-corrected chi connectivity index (χ2v) is 33.4. The third-order valence-electron chi connectivity index (χ3n) is 18.1. The van der Waals surface area contributed by atoms with Gasteiger partial charge in [-0.3, -0.25) is 0 Å². The molecule has 0 aromatic heterocycles. The predicted octanol–water partition coefficient (Wildman–Crippen LogP) is 25.3. The summed E-state index contributed by atoms with van der Waals surface area (Å²) >= 11 is 0. The minimum atomic E-state index is -0.0993. The van der Waals surface area contributed by atoms with Gasteiger partial charge in [-0.05, 0) is 169 Å². The summed E-state index contributed by atoms with van der Waals surface area (Å²) in [7, 11) is 0. The standard InChI is InChI=1S/C84H100N2/c1-77(2,3)53-41-54(78(4,5)6)46-61(45-53)85(62-47-55(79(7,8)9)42-56(48-62)80(10,11)12)75-69-37-29-25-33-65(69)73(66-34-26-30-38-70(66)75)74-67-35-27-31-39-71(67)76(72-40-32-28-36-68(72)74)86(63-49-57(81(13,14)15)43-58(50-63)82(16,17)18)64-51-59(83(19,20)21)44-60(52-64)84(22,23)24/h25-52H,1-24H3. The highest BCUT2D eigenvalue weighted by molar-refractivity contribution is 6.30. The Bertz CT molecular complexity index is 3570. The first-order chi connectivity index (χ1) is 39.7. The van der Waals surface area contributed by atoms with Crippen molar-refractivity contribution in [3.8, 4) is 11.1 Å². The molecule has 10 rings (SSSR count). The van der Waals surface area contributed by atoms with E-state index in [0.29, 0.717) is 0 Å². The van der Waals surface area contributed by atoms with Crippen LogP contribution in [-0.2, 0) is 43.3 Å². The SMILES string of the molecule is CC(C)(C)c1cc(N(c2cc(C(C)(C)C)cc(C(C)(C)C)c2)c2c3ccccc3c(-c3c4ccccc4c(N(c4cc(C(C)(C)C)cc(C(C)(C)C)c4)c4cc(C(C)(C)C)cc(C(C)(C)C)c4)c4ccccc34)c3ccccc23)cc(C(C)(C)C)c1. The molecular weight excluding hydrogens is 1040 g/mol.